The average molecular weight is 238 g/mol. The van der Waals surface area contributed by atoms with Crippen LogP contribution in [-0.4, -0.2) is 19.0 Å². The van der Waals surface area contributed by atoms with E-state index in [1.54, 1.807) is 12.1 Å². The number of hydrogen-bond acceptors (Lipinski definition) is 3. The maximum Gasteiger partial charge on any atom is 0.287 e. The minimum absolute atomic E-state index is 0.142. The molecule has 96 valence electrons. The zero-order valence-electron chi connectivity index (χ0n) is 10.7. The van der Waals surface area contributed by atoms with Gasteiger partial charge in [0.2, 0.25) is 0 Å². The molecule has 4 heteroatoms. The van der Waals surface area contributed by atoms with Crippen LogP contribution in [-0.2, 0) is 0 Å². The van der Waals surface area contributed by atoms with Gasteiger partial charge in [0.1, 0.15) is 5.76 Å². The van der Waals surface area contributed by atoms with Crippen molar-refractivity contribution in [3.8, 4) is 0 Å². The lowest BCUT2D eigenvalue weighted by Gasteiger charge is -2.15. The highest BCUT2D eigenvalue weighted by Gasteiger charge is 2.12. The van der Waals surface area contributed by atoms with Gasteiger partial charge in [-0.25, -0.2) is 0 Å². The fourth-order valence-corrected chi connectivity index (χ4v) is 1.87. The number of carbonyl (C=O) groups is 1. The number of hydrogen-bond donors (Lipinski definition) is 2. The van der Waals surface area contributed by atoms with Crippen LogP contribution in [0.15, 0.2) is 16.5 Å². The van der Waals surface area contributed by atoms with Gasteiger partial charge in [-0.15, -0.1) is 0 Å². The molecule has 1 aromatic heterocycles. The summed E-state index contributed by atoms with van der Waals surface area (Å²) in [6.45, 7) is 5.30. The summed E-state index contributed by atoms with van der Waals surface area (Å²) in [6.07, 6.45) is 3.15. The largest absolute Gasteiger partial charge is 0.456 e. The van der Waals surface area contributed by atoms with Crippen LogP contribution in [0.4, 0.5) is 0 Å². The molecule has 0 aliphatic heterocycles. The predicted molar refractivity (Wildman–Crippen MR) is 67.8 cm³/mol. The summed E-state index contributed by atoms with van der Waals surface area (Å²) >= 11 is 0. The first kappa shape index (κ1) is 13.8. The van der Waals surface area contributed by atoms with E-state index in [-0.39, 0.29) is 5.91 Å². The Labute approximate surface area is 103 Å². The standard InChI is InChI=1S/C13H22N2O2/c1-3-4-11(7-8-14)9-15-13(16)12-6-5-10(2)17-12/h5-6,11H,3-4,7-9,14H2,1-2H3,(H,15,16). The third-order valence-corrected chi connectivity index (χ3v) is 2.79. The molecule has 1 rings (SSSR count). The molecule has 0 saturated heterocycles. The molecule has 0 spiro atoms. The highest BCUT2D eigenvalue weighted by atomic mass is 16.3. The van der Waals surface area contributed by atoms with Crippen LogP contribution in [0.5, 0.6) is 0 Å². The Balaban J connectivity index is 2.40. The molecular weight excluding hydrogens is 216 g/mol. The van der Waals surface area contributed by atoms with Crippen molar-refractivity contribution in [2.24, 2.45) is 11.7 Å². The molecule has 1 amide bonds. The third-order valence-electron chi connectivity index (χ3n) is 2.79. The van der Waals surface area contributed by atoms with Crippen LogP contribution in [0.25, 0.3) is 0 Å². The lowest BCUT2D eigenvalue weighted by molar-refractivity contribution is 0.0916. The fourth-order valence-electron chi connectivity index (χ4n) is 1.87. The van der Waals surface area contributed by atoms with Gasteiger partial charge in [-0.2, -0.15) is 0 Å². The van der Waals surface area contributed by atoms with Crippen LogP contribution in [0.2, 0.25) is 0 Å². The van der Waals surface area contributed by atoms with E-state index in [0.29, 0.717) is 24.8 Å². The van der Waals surface area contributed by atoms with E-state index in [1.165, 1.54) is 0 Å². The zero-order valence-corrected chi connectivity index (χ0v) is 10.7. The quantitative estimate of drug-likeness (QED) is 0.764. The normalized spacial score (nSPS) is 12.4. The van der Waals surface area contributed by atoms with Crippen molar-refractivity contribution in [1.82, 2.24) is 5.32 Å². The van der Waals surface area contributed by atoms with Crippen molar-refractivity contribution in [1.29, 1.82) is 0 Å². The van der Waals surface area contributed by atoms with Crippen LogP contribution in [0.1, 0.15) is 42.5 Å². The van der Waals surface area contributed by atoms with Gasteiger partial charge >= 0.3 is 0 Å². The first-order valence-corrected chi connectivity index (χ1v) is 6.22. The first-order valence-electron chi connectivity index (χ1n) is 6.22. The summed E-state index contributed by atoms with van der Waals surface area (Å²) in [5.74, 6) is 1.45. The average Bonchev–Trinajstić information content (AvgIpc) is 2.73. The van der Waals surface area contributed by atoms with E-state index in [9.17, 15) is 4.79 Å². The Kier molecular flexibility index (Phi) is 5.77. The van der Waals surface area contributed by atoms with Crippen molar-refractivity contribution in [2.45, 2.75) is 33.1 Å². The molecule has 1 aromatic rings. The molecule has 17 heavy (non-hydrogen) atoms. The minimum atomic E-state index is -0.142. The Morgan fingerprint density at radius 3 is 2.76 bits per heavy atom. The molecular formula is C13H22N2O2. The molecule has 0 bridgehead atoms. The van der Waals surface area contributed by atoms with E-state index in [2.05, 4.69) is 12.2 Å². The summed E-state index contributed by atoms with van der Waals surface area (Å²) in [7, 11) is 0. The minimum Gasteiger partial charge on any atom is -0.456 e. The molecule has 1 heterocycles. The summed E-state index contributed by atoms with van der Waals surface area (Å²) in [5.41, 5.74) is 5.55. The van der Waals surface area contributed by atoms with Gasteiger partial charge in [0.15, 0.2) is 5.76 Å². The zero-order chi connectivity index (χ0) is 12.7. The number of nitrogens with one attached hydrogen (secondary N) is 1. The Bertz CT molecular complexity index is 341. The third kappa shape index (κ3) is 4.61. The van der Waals surface area contributed by atoms with E-state index in [1.807, 2.05) is 6.92 Å². The molecule has 0 fully saturated rings. The van der Waals surface area contributed by atoms with Crippen LogP contribution >= 0.6 is 0 Å². The maximum absolute atomic E-state index is 11.7. The van der Waals surface area contributed by atoms with E-state index in [0.717, 1.165) is 25.0 Å². The van der Waals surface area contributed by atoms with E-state index >= 15 is 0 Å². The molecule has 1 atom stereocenters. The summed E-state index contributed by atoms with van der Waals surface area (Å²) in [4.78, 5) is 11.7. The fraction of sp³-hybridized carbons (Fsp3) is 0.615. The molecule has 0 aromatic carbocycles. The van der Waals surface area contributed by atoms with Gasteiger partial charge in [-0.3, -0.25) is 4.79 Å². The summed E-state index contributed by atoms with van der Waals surface area (Å²) in [6, 6.07) is 3.49. The van der Waals surface area contributed by atoms with E-state index < -0.39 is 0 Å². The van der Waals surface area contributed by atoms with Gasteiger partial charge in [-0.05, 0) is 44.4 Å². The Hall–Kier alpha value is -1.29. The number of amides is 1. The second-order valence-electron chi connectivity index (χ2n) is 4.35. The molecule has 0 radical (unpaired) electrons. The van der Waals surface area contributed by atoms with Crippen LogP contribution in [0, 0.1) is 12.8 Å². The van der Waals surface area contributed by atoms with Gasteiger partial charge in [-0.1, -0.05) is 13.3 Å². The van der Waals surface area contributed by atoms with Crippen molar-refractivity contribution in [3.63, 3.8) is 0 Å². The smallest absolute Gasteiger partial charge is 0.287 e. The first-order chi connectivity index (χ1) is 8.17. The molecule has 3 N–H and O–H groups in total. The van der Waals surface area contributed by atoms with Gasteiger partial charge < -0.3 is 15.5 Å². The van der Waals surface area contributed by atoms with Crippen molar-refractivity contribution >= 4 is 5.91 Å². The molecule has 1 unspecified atom stereocenters. The van der Waals surface area contributed by atoms with E-state index in [4.69, 9.17) is 10.2 Å². The predicted octanol–water partition coefficient (Wildman–Crippen LogP) is 2.08. The Morgan fingerprint density at radius 2 is 2.24 bits per heavy atom. The SMILES string of the molecule is CCCC(CCN)CNC(=O)c1ccc(C)o1. The van der Waals surface area contributed by atoms with Crippen molar-refractivity contribution < 1.29 is 9.21 Å². The lowest BCUT2D eigenvalue weighted by atomic mass is 10.00. The van der Waals surface area contributed by atoms with Crippen molar-refractivity contribution in [2.75, 3.05) is 13.1 Å². The number of carbonyl (C=O) groups excluding carboxylic acids is 1. The van der Waals surface area contributed by atoms with Gasteiger partial charge in [0.05, 0.1) is 0 Å². The maximum atomic E-state index is 11.7. The number of aryl methyl sites for hydroxylation is 1. The van der Waals surface area contributed by atoms with Gasteiger partial charge in [0.25, 0.3) is 5.91 Å². The number of nitrogens with two attached hydrogens (primary N) is 1. The summed E-state index contributed by atoms with van der Waals surface area (Å²) < 4.78 is 5.26. The molecule has 0 aliphatic rings. The lowest BCUT2D eigenvalue weighted by Crippen LogP contribution is -2.30. The second kappa shape index (κ2) is 7.12. The second-order valence-corrected chi connectivity index (χ2v) is 4.35. The monoisotopic (exact) mass is 238 g/mol. The summed E-state index contributed by atoms with van der Waals surface area (Å²) in [5, 5.41) is 2.89. The highest BCUT2D eigenvalue weighted by molar-refractivity contribution is 5.91. The number of rotatable bonds is 7. The molecule has 0 aliphatic carbocycles. The number of furan rings is 1. The van der Waals surface area contributed by atoms with Crippen LogP contribution in [0.3, 0.4) is 0 Å². The van der Waals surface area contributed by atoms with Crippen molar-refractivity contribution in [3.05, 3.63) is 23.7 Å². The van der Waals surface area contributed by atoms with Crippen LogP contribution < -0.4 is 11.1 Å². The van der Waals surface area contributed by atoms with Gasteiger partial charge in [0, 0.05) is 6.54 Å². The highest BCUT2D eigenvalue weighted by Crippen LogP contribution is 2.10. The Morgan fingerprint density at radius 1 is 1.47 bits per heavy atom. The topological polar surface area (TPSA) is 68.3 Å². The molecule has 4 nitrogen and oxygen atoms in total. The molecule has 0 saturated carbocycles.